The maximum absolute atomic E-state index is 10.3. The van der Waals surface area contributed by atoms with Crippen LogP contribution in [0.1, 0.15) is 36.9 Å². The minimum Gasteiger partial charge on any atom is -0.387 e. The molecule has 19 heavy (non-hydrogen) atoms. The molecule has 0 aromatic carbocycles. The molecule has 3 rings (SSSR count). The molecule has 0 radical (unpaired) electrons. The van der Waals surface area contributed by atoms with Gasteiger partial charge < -0.3 is 14.9 Å². The number of nitrogens with zero attached hydrogens (tertiary/aromatic N) is 3. The first-order valence-electron chi connectivity index (χ1n) is 7.06. The Kier molecular flexibility index (Phi) is 3.31. The highest BCUT2D eigenvalue weighted by Crippen LogP contribution is 2.44. The lowest BCUT2D eigenvalue weighted by molar-refractivity contribution is 0.102. The molecule has 106 valence electrons. The third-order valence-electron chi connectivity index (χ3n) is 4.18. The van der Waals surface area contributed by atoms with E-state index in [9.17, 15) is 5.11 Å². The van der Waals surface area contributed by atoms with Crippen LogP contribution in [-0.2, 0) is 6.42 Å². The van der Waals surface area contributed by atoms with Crippen molar-refractivity contribution < 1.29 is 5.11 Å². The van der Waals surface area contributed by atoms with Crippen LogP contribution in [0.5, 0.6) is 0 Å². The van der Waals surface area contributed by atoms with E-state index in [4.69, 9.17) is 4.98 Å². The summed E-state index contributed by atoms with van der Waals surface area (Å²) in [4.78, 5) is 10.6. The molecule has 5 heteroatoms. The molecule has 1 fully saturated rings. The maximum atomic E-state index is 10.3. The number of likely N-dealkylation sites (N-methyl/N-ethyl adjacent to an activating group) is 1. The number of rotatable bonds is 1. The summed E-state index contributed by atoms with van der Waals surface area (Å²) >= 11 is 1.70. The normalized spacial score (nSPS) is 27.4. The first kappa shape index (κ1) is 13.3. The van der Waals surface area contributed by atoms with Gasteiger partial charge in [-0.05, 0) is 25.3 Å². The number of aliphatic hydroxyl groups excluding tert-OH is 1. The second-order valence-electron chi connectivity index (χ2n) is 6.66. The maximum Gasteiger partial charge on any atom is 0.185 e. The summed E-state index contributed by atoms with van der Waals surface area (Å²) in [5.74, 6) is 0. The standard InChI is InChI=1S/C14H23N3OS/c1-14(2)8-10-12(11(18)9-14)19-13(15-10)17-6-4-16(3)5-7-17/h11,18H,4-9H2,1-3H3. The molecule has 0 saturated carbocycles. The SMILES string of the molecule is CN1CCN(c2nc3c(s2)C(O)CC(C)(C)C3)CC1. The summed E-state index contributed by atoms with van der Waals surface area (Å²) in [6.07, 6.45) is 1.52. The van der Waals surface area contributed by atoms with Crippen molar-refractivity contribution in [3.05, 3.63) is 10.6 Å². The highest BCUT2D eigenvalue weighted by molar-refractivity contribution is 7.15. The van der Waals surface area contributed by atoms with Gasteiger partial charge in [-0.2, -0.15) is 0 Å². The van der Waals surface area contributed by atoms with Crippen molar-refractivity contribution >= 4 is 16.5 Å². The Balaban J connectivity index is 1.83. The number of hydrogen-bond acceptors (Lipinski definition) is 5. The number of hydrogen-bond donors (Lipinski definition) is 1. The Morgan fingerprint density at radius 1 is 1.26 bits per heavy atom. The fourth-order valence-electron chi connectivity index (χ4n) is 3.01. The van der Waals surface area contributed by atoms with E-state index in [0.717, 1.165) is 54.7 Å². The Morgan fingerprint density at radius 2 is 1.95 bits per heavy atom. The molecule has 1 saturated heterocycles. The van der Waals surface area contributed by atoms with Crippen molar-refractivity contribution in [1.29, 1.82) is 0 Å². The van der Waals surface area contributed by atoms with Crippen molar-refractivity contribution in [2.45, 2.75) is 32.8 Å². The fraction of sp³-hybridized carbons (Fsp3) is 0.786. The van der Waals surface area contributed by atoms with Crippen LogP contribution in [-0.4, -0.2) is 48.2 Å². The molecule has 4 nitrogen and oxygen atoms in total. The molecule has 1 aromatic rings. The van der Waals surface area contributed by atoms with E-state index in [1.165, 1.54) is 0 Å². The third kappa shape index (κ3) is 2.64. The molecule has 1 atom stereocenters. The van der Waals surface area contributed by atoms with Crippen molar-refractivity contribution in [3.63, 3.8) is 0 Å². The van der Waals surface area contributed by atoms with Gasteiger partial charge in [0.05, 0.1) is 16.7 Å². The van der Waals surface area contributed by atoms with Gasteiger partial charge in [-0.1, -0.05) is 25.2 Å². The van der Waals surface area contributed by atoms with Crippen molar-refractivity contribution in [1.82, 2.24) is 9.88 Å². The fourth-order valence-corrected chi connectivity index (χ4v) is 4.13. The van der Waals surface area contributed by atoms with Crippen molar-refractivity contribution in [2.75, 3.05) is 38.1 Å². The lowest BCUT2D eigenvalue weighted by Gasteiger charge is -2.32. The molecule has 2 aliphatic rings. The summed E-state index contributed by atoms with van der Waals surface area (Å²) in [6.45, 7) is 8.71. The van der Waals surface area contributed by atoms with Gasteiger partial charge in [0, 0.05) is 26.2 Å². The summed E-state index contributed by atoms with van der Waals surface area (Å²) in [6, 6.07) is 0. The predicted octanol–water partition coefficient (Wildman–Crippen LogP) is 1.90. The predicted molar refractivity (Wildman–Crippen MR) is 78.9 cm³/mol. The van der Waals surface area contributed by atoms with Gasteiger partial charge >= 0.3 is 0 Å². The Bertz CT molecular complexity index is 463. The summed E-state index contributed by atoms with van der Waals surface area (Å²) < 4.78 is 0. The van der Waals surface area contributed by atoms with Crippen LogP contribution in [0, 0.1) is 5.41 Å². The second kappa shape index (κ2) is 4.72. The van der Waals surface area contributed by atoms with Crippen LogP contribution >= 0.6 is 11.3 Å². The van der Waals surface area contributed by atoms with Crippen molar-refractivity contribution in [2.24, 2.45) is 5.41 Å². The zero-order valence-electron chi connectivity index (χ0n) is 12.0. The van der Waals surface area contributed by atoms with E-state index in [1.54, 1.807) is 11.3 Å². The molecule has 1 aromatic heterocycles. The third-order valence-corrected chi connectivity index (χ3v) is 5.44. The Labute approximate surface area is 119 Å². The number of anilines is 1. The molecule has 1 N–H and O–H groups in total. The van der Waals surface area contributed by atoms with Crippen LogP contribution in [0.2, 0.25) is 0 Å². The zero-order chi connectivity index (χ0) is 13.6. The van der Waals surface area contributed by atoms with Gasteiger partial charge in [-0.3, -0.25) is 0 Å². The first-order valence-corrected chi connectivity index (χ1v) is 7.87. The van der Waals surface area contributed by atoms with Gasteiger partial charge in [-0.15, -0.1) is 0 Å². The summed E-state index contributed by atoms with van der Waals surface area (Å²) in [5, 5.41) is 11.4. The largest absolute Gasteiger partial charge is 0.387 e. The van der Waals surface area contributed by atoms with E-state index in [2.05, 4.69) is 30.7 Å². The van der Waals surface area contributed by atoms with Gasteiger partial charge in [0.25, 0.3) is 0 Å². The average Bonchev–Trinajstić information content (AvgIpc) is 2.72. The monoisotopic (exact) mass is 281 g/mol. The van der Waals surface area contributed by atoms with Crippen molar-refractivity contribution in [3.8, 4) is 0 Å². The van der Waals surface area contributed by atoms with Crippen LogP contribution in [0.15, 0.2) is 0 Å². The Hall–Kier alpha value is -0.650. The van der Waals surface area contributed by atoms with E-state index < -0.39 is 0 Å². The topological polar surface area (TPSA) is 39.6 Å². The smallest absolute Gasteiger partial charge is 0.185 e. The highest BCUT2D eigenvalue weighted by Gasteiger charge is 2.34. The van der Waals surface area contributed by atoms with E-state index in [0.29, 0.717) is 0 Å². The van der Waals surface area contributed by atoms with E-state index in [1.807, 2.05) is 0 Å². The van der Waals surface area contributed by atoms with E-state index >= 15 is 0 Å². The minimum absolute atomic E-state index is 0.167. The molecule has 1 aliphatic carbocycles. The second-order valence-corrected chi connectivity index (χ2v) is 7.67. The molecule has 0 amide bonds. The molecule has 0 spiro atoms. The van der Waals surface area contributed by atoms with Crippen LogP contribution in [0.4, 0.5) is 5.13 Å². The average molecular weight is 281 g/mol. The lowest BCUT2D eigenvalue weighted by Crippen LogP contribution is -2.44. The molecule has 0 bridgehead atoms. The molecule has 1 aliphatic heterocycles. The molecule has 2 heterocycles. The number of fused-ring (bicyclic) bond motifs is 1. The number of aromatic nitrogens is 1. The number of thiazole rings is 1. The van der Waals surface area contributed by atoms with Crippen LogP contribution in [0.3, 0.4) is 0 Å². The van der Waals surface area contributed by atoms with Gasteiger partial charge in [0.15, 0.2) is 5.13 Å². The lowest BCUT2D eigenvalue weighted by atomic mass is 9.77. The molecular formula is C14H23N3OS. The summed E-state index contributed by atoms with van der Waals surface area (Å²) in [7, 11) is 2.16. The van der Waals surface area contributed by atoms with Crippen LogP contribution in [0.25, 0.3) is 0 Å². The highest BCUT2D eigenvalue weighted by atomic mass is 32.1. The zero-order valence-corrected chi connectivity index (χ0v) is 12.8. The first-order chi connectivity index (χ1) is 8.94. The molecular weight excluding hydrogens is 258 g/mol. The minimum atomic E-state index is -0.322. The van der Waals surface area contributed by atoms with E-state index in [-0.39, 0.29) is 11.5 Å². The quantitative estimate of drug-likeness (QED) is 0.853. The van der Waals surface area contributed by atoms with Gasteiger partial charge in [0.1, 0.15) is 0 Å². The van der Waals surface area contributed by atoms with Gasteiger partial charge in [-0.25, -0.2) is 4.98 Å². The number of piperazine rings is 1. The number of aliphatic hydroxyl groups is 1. The summed E-state index contributed by atoms with van der Waals surface area (Å²) in [5.41, 5.74) is 1.29. The molecule has 1 unspecified atom stereocenters. The van der Waals surface area contributed by atoms with Gasteiger partial charge in [0.2, 0.25) is 0 Å². The van der Waals surface area contributed by atoms with Crippen LogP contribution < -0.4 is 4.90 Å². The Morgan fingerprint density at radius 3 is 2.63 bits per heavy atom.